The van der Waals surface area contributed by atoms with Crippen molar-refractivity contribution in [3.63, 3.8) is 0 Å². The van der Waals surface area contributed by atoms with Gasteiger partial charge >= 0.3 is 0 Å². The van der Waals surface area contributed by atoms with Gasteiger partial charge < -0.3 is 5.32 Å². The molecule has 0 aromatic rings. The Balaban J connectivity index is 2.31. The van der Waals surface area contributed by atoms with E-state index < -0.39 is 12.5 Å². The highest BCUT2D eigenvalue weighted by Gasteiger charge is 2.32. The van der Waals surface area contributed by atoms with E-state index >= 15 is 0 Å². The standard InChI is InChI=1S/C8H15F2N/c1-2-11-7(8(9)10)6-4-3-5-6/h6-8,11H,2-5H2,1H3. The third-order valence-corrected chi connectivity index (χ3v) is 2.37. The van der Waals surface area contributed by atoms with Crippen LogP contribution in [0.1, 0.15) is 26.2 Å². The van der Waals surface area contributed by atoms with Crippen LogP contribution in [0.5, 0.6) is 0 Å². The molecule has 1 nitrogen and oxygen atoms in total. The summed E-state index contributed by atoms with van der Waals surface area (Å²) in [6, 6.07) is -0.547. The van der Waals surface area contributed by atoms with E-state index in [9.17, 15) is 8.78 Å². The van der Waals surface area contributed by atoms with Crippen LogP contribution >= 0.6 is 0 Å². The highest BCUT2D eigenvalue weighted by molar-refractivity contribution is 4.83. The minimum Gasteiger partial charge on any atom is -0.309 e. The zero-order chi connectivity index (χ0) is 8.27. The van der Waals surface area contributed by atoms with Crippen molar-refractivity contribution in [1.82, 2.24) is 5.32 Å². The van der Waals surface area contributed by atoms with Crippen LogP contribution in [-0.2, 0) is 0 Å². The Morgan fingerprint density at radius 3 is 2.36 bits per heavy atom. The quantitative estimate of drug-likeness (QED) is 0.668. The normalized spacial score (nSPS) is 21.8. The summed E-state index contributed by atoms with van der Waals surface area (Å²) in [5.41, 5.74) is 0. The molecule has 0 aromatic carbocycles. The molecule has 0 saturated heterocycles. The SMILES string of the molecule is CCNC(C(F)F)C1CCC1. The lowest BCUT2D eigenvalue weighted by molar-refractivity contribution is 0.0461. The maximum absolute atomic E-state index is 12.3. The number of rotatable bonds is 4. The predicted octanol–water partition coefficient (Wildman–Crippen LogP) is 2.03. The van der Waals surface area contributed by atoms with E-state index in [1.165, 1.54) is 0 Å². The van der Waals surface area contributed by atoms with Gasteiger partial charge in [0.1, 0.15) is 0 Å². The molecule has 1 rings (SSSR count). The molecule has 11 heavy (non-hydrogen) atoms. The molecule has 0 aromatic heterocycles. The van der Waals surface area contributed by atoms with Crippen molar-refractivity contribution in [3.8, 4) is 0 Å². The smallest absolute Gasteiger partial charge is 0.253 e. The monoisotopic (exact) mass is 163 g/mol. The molecule has 1 atom stereocenters. The van der Waals surface area contributed by atoms with Gasteiger partial charge in [0.2, 0.25) is 0 Å². The van der Waals surface area contributed by atoms with Crippen LogP contribution < -0.4 is 5.32 Å². The zero-order valence-electron chi connectivity index (χ0n) is 6.82. The van der Waals surface area contributed by atoms with Crippen molar-refractivity contribution >= 4 is 0 Å². The minimum atomic E-state index is -2.19. The molecule has 1 saturated carbocycles. The average molecular weight is 163 g/mol. The van der Waals surface area contributed by atoms with Gasteiger partial charge in [-0.15, -0.1) is 0 Å². The first-order chi connectivity index (χ1) is 5.25. The summed E-state index contributed by atoms with van der Waals surface area (Å²) in [6.45, 7) is 2.51. The number of alkyl halides is 2. The second kappa shape index (κ2) is 4.00. The van der Waals surface area contributed by atoms with E-state index in [4.69, 9.17) is 0 Å². The Hall–Kier alpha value is -0.180. The third kappa shape index (κ3) is 2.12. The number of hydrogen-bond donors (Lipinski definition) is 1. The summed E-state index contributed by atoms with van der Waals surface area (Å²) >= 11 is 0. The van der Waals surface area contributed by atoms with Gasteiger partial charge in [-0.1, -0.05) is 13.3 Å². The molecular weight excluding hydrogens is 148 g/mol. The number of nitrogens with one attached hydrogen (secondary N) is 1. The fraction of sp³-hybridized carbons (Fsp3) is 1.00. The highest BCUT2D eigenvalue weighted by atomic mass is 19.3. The molecule has 3 heteroatoms. The van der Waals surface area contributed by atoms with Crippen LogP contribution in [0.2, 0.25) is 0 Å². The van der Waals surface area contributed by atoms with Crippen LogP contribution in [0.3, 0.4) is 0 Å². The molecule has 0 radical (unpaired) electrons. The lowest BCUT2D eigenvalue weighted by Crippen LogP contribution is -2.44. The van der Waals surface area contributed by atoms with Crippen LogP contribution in [0, 0.1) is 5.92 Å². The zero-order valence-corrected chi connectivity index (χ0v) is 6.82. The van der Waals surface area contributed by atoms with E-state index in [1.54, 1.807) is 0 Å². The summed E-state index contributed by atoms with van der Waals surface area (Å²) in [6.07, 6.45) is 0.878. The molecule has 66 valence electrons. The summed E-state index contributed by atoms with van der Waals surface area (Å²) in [5, 5.41) is 2.83. The third-order valence-electron chi connectivity index (χ3n) is 2.37. The second-order valence-electron chi connectivity index (χ2n) is 3.11. The fourth-order valence-electron chi connectivity index (χ4n) is 1.50. The Morgan fingerprint density at radius 2 is 2.09 bits per heavy atom. The Morgan fingerprint density at radius 1 is 1.45 bits per heavy atom. The van der Waals surface area contributed by atoms with Gasteiger partial charge in [0.15, 0.2) is 0 Å². The molecule has 1 aliphatic carbocycles. The summed E-state index contributed by atoms with van der Waals surface area (Å²) < 4.78 is 24.6. The van der Waals surface area contributed by atoms with Crippen molar-refractivity contribution < 1.29 is 8.78 Å². The first-order valence-electron chi connectivity index (χ1n) is 4.27. The van der Waals surface area contributed by atoms with Gasteiger partial charge in [0.05, 0.1) is 6.04 Å². The summed E-state index contributed by atoms with van der Waals surface area (Å²) in [7, 11) is 0. The first-order valence-corrected chi connectivity index (χ1v) is 4.27. The molecule has 1 N–H and O–H groups in total. The van der Waals surface area contributed by atoms with Crippen molar-refractivity contribution in [2.45, 2.75) is 38.7 Å². The molecule has 0 aliphatic heterocycles. The minimum absolute atomic E-state index is 0.231. The molecule has 0 spiro atoms. The van der Waals surface area contributed by atoms with Crippen molar-refractivity contribution in [3.05, 3.63) is 0 Å². The largest absolute Gasteiger partial charge is 0.309 e. The fourth-order valence-corrected chi connectivity index (χ4v) is 1.50. The van der Waals surface area contributed by atoms with E-state index in [0.29, 0.717) is 6.54 Å². The van der Waals surface area contributed by atoms with E-state index in [0.717, 1.165) is 19.3 Å². The van der Waals surface area contributed by atoms with Crippen molar-refractivity contribution in [1.29, 1.82) is 0 Å². The summed E-state index contributed by atoms with van der Waals surface area (Å²) in [4.78, 5) is 0. The highest BCUT2D eigenvalue weighted by Crippen LogP contribution is 2.31. The van der Waals surface area contributed by atoms with Gasteiger partial charge in [-0.05, 0) is 25.3 Å². The number of halogens is 2. The van der Waals surface area contributed by atoms with Crippen LogP contribution in [0.15, 0.2) is 0 Å². The van der Waals surface area contributed by atoms with Crippen LogP contribution in [0.4, 0.5) is 8.78 Å². The summed E-state index contributed by atoms with van der Waals surface area (Å²) in [5.74, 6) is 0.231. The van der Waals surface area contributed by atoms with Gasteiger partial charge in [-0.3, -0.25) is 0 Å². The number of hydrogen-bond acceptors (Lipinski definition) is 1. The Bertz CT molecular complexity index is 113. The van der Waals surface area contributed by atoms with Gasteiger partial charge in [-0.2, -0.15) is 0 Å². The first kappa shape index (κ1) is 8.91. The van der Waals surface area contributed by atoms with Crippen LogP contribution in [0.25, 0.3) is 0 Å². The van der Waals surface area contributed by atoms with E-state index in [1.807, 2.05) is 6.92 Å². The van der Waals surface area contributed by atoms with Gasteiger partial charge in [0, 0.05) is 0 Å². The van der Waals surface area contributed by atoms with E-state index in [-0.39, 0.29) is 5.92 Å². The molecule has 0 amide bonds. The average Bonchev–Trinajstić information content (AvgIpc) is 1.82. The predicted molar refractivity (Wildman–Crippen MR) is 40.8 cm³/mol. The molecule has 1 fully saturated rings. The van der Waals surface area contributed by atoms with Crippen molar-refractivity contribution in [2.24, 2.45) is 5.92 Å². The van der Waals surface area contributed by atoms with Gasteiger partial charge in [-0.25, -0.2) is 8.78 Å². The van der Waals surface area contributed by atoms with Crippen molar-refractivity contribution in [2.75, 3.05) is 6.54 Å². The maximum atomic E-state index is 12.3. The van der Waals surface area contributed by atoms with Crippen LogP contribution in [-0.4, -0.2) is 19.0 Å². The molecule has 1 aliphatic rings. The van der Waals surface area contributed by atoms with E-state index in [2.05, 4.69) is 5.32 Å². The Labute approximate surface area is 66.2 Å². The van der Waals surface area contributed by atoms with Gasteiger partial charge in [0.25, 0.3) is 6.43 Å². The molecule has 0 heterocycles. The maximum Gasteiger partial charge on any atom is 0.253 e. The second-order valence-corrected chi connectivity index (χ2v) is 3.11. The Kier molecular flexibility index (Phi) is 3.24. The molecule has 0 bridgehead atoms. The molecular formula is C8H15F2N. The topological polar surface area (TPSA) is 12.0 Å². The lowest BCUT2D eigenvalue weighted by Gasteiger charge is -2.33. The lowest BCUT2D eigenvalue weighted by atomic mass is 9.80. The molecule has 1 unspecified atom stereocenters.